The van der Waals surface area contributed by atoms with E-state index in [1.54, 1.807) is 0 Å². The van der Waals surface area contributed by atoms with Crippen molar-refractivity contribution in [2.24, 2.45) is 11.8 Å². The van der Waals surface area contributed by atoms with Crippen LogP contribution in [-0.4, -0.2) is 44.0 Å². The Labute approximate surface area is 106 Å². The number of rotatable bonds is 7. The van der Waals surface area contributed by atoms with Crippen molar-refractivity contribution in [1.82, 2.24) is 4.90 Å². The molecule has 1 saturated heterocycles. The van der Waals surface area contributed by atoms with E-state index >= 15 is 0 Å². The summed E-state index contributed by atoms with van der Waals surface area (Å²) in [4.78, 5) is 2.56. The van der Waals surface area contributed by atoms with Crippen LogP contribution in [0.25, 0.3) is 0 Å². The van der Waals surface area contributed by atoms with Gasteiger partial charge in [-0.3, -0.25) is 0 Å². The van der Waals surface area contributed by atoms with Gasteiger partial charge in [0.2, 0.25) is 0 Å². The molecule has 1 aliphatic rings. The van der Waals surface area contributed by atoms with Crippen LogP contribution in [0.15, 0.2) is 0 Å². The molecule has 1 aliphatic heterocycles. The van der Waals surface area contributed by atoms with E-state index in [4.69, 9.17) is 9.47 Å². The molecule has 3 nitrogen and oxygen atoms in total. The average Bonchev–Trinajstić information content (AvgIpc) is 2.25. The van der Waals surface area contributed by atoms with Gasteiger partial charge in [-0.2, -0.15) is 0 Å². The van der Waals surface area contributed by atoms with Crippen LogP contribution >= 0.6 is 0 Å². The summed E-state index contributed by atoms with van der Waals surface area (Å²) in [7, 11) is 0. The molecule has 1 heterocycles. The summed E-state index contributed by atoms with van der Waals surface area (Å²) >= 11 is 0. The standard InChI is InChI=1S/C14H29NO2/c1-5-16-14(17-6-2)7-8-15-10-12(3)9-13(4)11-15/h12-14H,5-11H2,1-4H3. The van der Waals surface area contributed by atoms with Crippen molar-refractivity contribution in [3.63, 3.8) is 0 Å². The first-order chi connectivity index (χ1) is 8.15. The molecule has 0 aromatic rings. The highest BCUT2D eigenvalue weighted by Crippen LogP contribution is 2.21. The van der Waals surface area contributed by atoms with Crippen LogP contribution in [0.5, 0.6) is 0 Å². The van der Waals surface area contributed by atoms with Gasteiger partial charge in [0.15, 0.2) is 6.29 Å². The second-order valence-corrected chi connectivity index (χ2v) is 5.33. The predicted molar refractivity (Wildman–Crippen MR) is 71.0 cm³/mol. The van der Waals surface area contributed by atoms with Crippen LogP contribution in [0.1, 0.15) is 40.5 Å². The van der Waals surface area contributed by atoms with Crippen molar-refractivity contribution in [3.05, 3.63) is 0 Å². The maximum atomic E-state index is 5.58. The fourth-order valence-corrected chi connectivity index (χ4v) is 2.85. The zero-order valence-corrected chi connectivity index (χ0v) is 11.9. The summed E-state index contributed by atoms with van der Waals surface area (Å²) < 4.78 is 11.2. The Morgan fingerprint density at radius 3 is 2.06 bits per heavy atom. The summed E-state index contributed by atoms with van der Waals surface area (Å²) in [5.74, 6) is 1.66. The zero-order valence-electron chi connectivity index (χ0n) is 11.9. The Bertz CT molecular complexity index is 183. The molecule has 2 unspecified atom stereocenters. The number of nitrogens with zero attached hydrogens (tertiary/aromatic N) is 1. The van der Waals surface area contributed by atoms with Crippen molar-refractivity contribution < 1.29 is 9.47 Å². The van der Waals surface area contributed by atoms with Crippen molar-refractivity contribution in [2.45, 2.75) is 46.8 Å². The lowest BCUT2D eigenvalue weighted by atomic mass is 9.92. The minimum absolute atomic E-state index is 0.0162. The van der Waals surface area contributed by atoms with Gasteiger partial charge in [0.05, 0.1) is 0 Å². The fourth-order valence-electron chi connectivity index (χ4n) is 2.85. The minimum atomic E-state index is -0.0162. The Kier molecular flexibility index (Phi) is 7.09. The van der Waals surface area contributed by atoms with Crippen LogP contribution in [-0.2, 0) is 9.47 Å². The molecule has 1 rings (SSSR count). The Hall–Kier alpha value is -0.120. The first-order valence-corrected chi connectivity index (χ1v) is 7.11. The topological polar surface area (TPSA) is 21.7 Å². The molecule has 2 atom stereocenters. The smallest absolute Gasteiger partial charge is 0.158 e. The average molecular weight is 243 g/mol. The molecule has 0 radical (unpaired) electrons. The maximum absolute atomic E-state index is 5.58. The van der Waals surface area contributed by atoms with Crippen molar-refractivity contribution >= 4 is 0 Å². The molecule has 0 aromatic carbocycles. The first kappa shape index (κ1) is 14.9. The third-order valence-corrected chi connectivity index (χ3v) is 3.33. The molecule has 102 valence electrons. The van der Waals surface area contributed by atoms with Gasteiger partial charge in [0.1, 0.15) is 0 Å². The lowest BCUT2D eigenvalue weighted by Gasteiger charge is -2.35. The second kappa shape index (κ2) is 8.06. The summed E-state index contributed by atoms with van der Waals surface area (Å²) in [5.41, 5.74) is 0. The molecule has 3 heteroatoms. The van der Waals surface area contributed by atoms with Gasteiger partial charge in [0.25, 0.3) is 0 Å². The van der Waals surface area contributed by atoms with Crippen LogP contribution in [0.2, 0.25) is 0 Å². The number of piperidine rings is 1. The molecule has 0 spiro atoms. The van der Waals surface area contributed by atoms with Gasteiger partial charge in [-0.15, -0.1) is 0 Å². The Morgan fingerprint density at radius 1 is 1.06 bits per heavy atom. The van der Waals surface area contributed by atoms with E-state index in [2.05, 4.69) is 18.7 Å². The van der Waals surface area contributed by atoms with Gasteiger partial charge in [-0.25, -0.2) is 0 Å². The number of hydrogen-bond acceptors (Lipinski definition) is 3. The largest absolute Gasteiger partial charge is 0.353 e. The molecule has 0 amide bonds. The highest BCUT2D eigenvalue weighted by atomic mass is 16.7. The molecule has 0 bridgehead atoms. The summed E-state index contributed by atoms with van der Waals surface area (Å²) in [5, 5.41) is 0. The zero-order chi connectivity index (χ0) is 12.7. The molecule has 0 N–H and O–H groups in total. The lowest BCUT2D eigenvalue weighted by molar-refractivity contribution is -0.142. The SMILES string of the molecule is CCOC(CCN1CC(C)CC(C)C1)OCC. The molecule has 0 saturated carbocycles. The second-order valence-electron chi connectivity index (χ2n) is 5.33. The Morgan fingerprint density at radius 2 is 1.59 bits per heavy atom. The molecular weight excluding hydrogens is 214 g/mol. The van der Waals surface area contributed by atoms with Crippen molar-refractivity contribution in [3.8, 4) is 0 Å². The van der Waals surface area contributed by atoms with Crippen molar-refractivity contribution in [2.75, 3.05) is 32.8 Å². The van der Waals surface area contributed by atoms with E-state index in [-0.39, 0.29) is 6.29 Å². The fraction of sp³-hybridized carbons (Fsp3) is 1.00. The van der Waals surface area contributed by atoms with Crippen molar-refractivity contribution in [1.29, 1.82) is 0 Å². The van der Waals surface area contributed by atoms with Gasteiger partial charge >= 0.3 is 0 Å². The Balaban J connectivity index is 2.27. The van der Waals surface area contributed by atoms with E-state index in [1.165, 1.54) is 19.5 Å². The normalized spacial score (nSPS) is 26.6. The highest BCUT2D eigenvalue weighted by Gasteiger charge is 2.22. The van der Waals surface area contributed by atoms with Gasteiger partial charge < -0.3 is 14.4 Å². The molecular formula is C14H29NO2. The molecule has 1 fully saturated rings. The summed E-state index contributed by atoms with van der Waals surface area (Å²) in [6.07, 6.45) is 2.34. The van der Waals surface area contributed by atoms with E-state index in [0.29, 0.717) is 0 Å². The minimum Gasteiger partial charge on any atom is -0.353 e. The number of ether oxygens (including phenoxy) is 2. The van der Waals surface area contributed by atoms with Crippen LogP contribution in [0.4, 0.5) is 0 Å². The van der Waals surface area contributed by atoms with Gasteiger partial charge in [-0.05, 0) is 32.1 Å². The summed E-state index contributed by atoms with van der Waals surface area (Å²) in [6.45, 7) is 13.8. The first-order valence-electron chi connectivity index (χ1n) is 7.11. The molecule has 17 heavy (non-hydrogen) atoms. The van der Waals surface area contributed by atoms with E-state index in [0.717, 1.165) is 38.0 Å². The van der Waals surface area contributed by atoms with E-state index < -0.39 is 0 Å². The molecule has 0 aromatic heterocycles. The van der Waals surface area contributed by atoms with Crippen LogP contribution in [0.3, 0.4) is 0 Å². The lowest BCUT2D eigenvalue weighted by Crippen LogP contribution is -2.40. The molecule has 0 aliphatic carbocycles. The monoisotopic (exact) mass is 243 g/mol. The van der Waals surface area contributed by atoms with Crippen LogP contribution < -0.4 is 0 Å². The van der Waals surface area contributed by atoms with Gasteiger partial charge in [0, 0.05) is 39.3 Å². The highest BCUT2D eigenvalue weighted by molar-refractivity contribution is 4.74. The number of likely N-dealkylation sites (tertiary alicyclic amines) is 1. The number of hydrogen-bond donors (Lipinski definition) is 0. The quantitative estimate of drug-likeness (QED) is 0.642. The third-order valence-electron chi connectivity index (χ3n) is 3.33. The third kappa shape index (κ3) is 5.84. The predicted octanol–water partition coefficient (Wildman–Crippen LogP) is 2.75. The van der Waals surface area contributed by atoms with E-state index in [9.17, 15) is 0 Å². The van der Waals surface area contributed by atoms with Crippen LogP contribution in [0, 0.1) is 11.8 Å². The maximum Gasteiger partial charge on any atom is 0.158 e. The summed E-state index contributed by atoms with van der Waals surface area (Å²) in [6, 6.07) is 0. The van der Waals surface area contributed by atoms with E-state index in [1.807, 2.05) is 13.8 Å². The van der Waals surface area contributed by atoms with Gasteiger partial charge in [-0.1, -0.05) is 13.8 Å².